The molecule has 3 N–H and O–H groups in total. The molecule has 0 amide bonds. The van der Waals surface area contributed by atoms with E-state index in [-0.39, 0.29) is 18.2 Å². The maximum atomic E-state index is 5.82. The van der Waals surface area contributed by atoms with E-state index in [4.69, 9.17) is 15.3 Å². The predicted octanol–water partition coefficient (Wildman–Crippen LogP) is 2.40. The van der Waals surface area contributed by atoms with E-state index in [1.165, 1.54) is 0 Å². The van der Waals surface area contributed by atoms with Gasteiger partial charge in [0.15, 0.2) is 0 Å². The van der Waals surface area contributed by atoms with Crippen LogP contribution in [0.2, 0.25) is 0 Å². The molecule has 0 aromatic heterocycles. The topological polar surface area (TPSA) is 56.5 Å². The lowest BCUT2D eigenvalue weighted by Crippen LogP contribution is -2.37. The van der Waals surface area contributed by atoms with Gasteiger partial charge in [0.05, 0.1) is 18.2 Å². The molecule has 1 aromatic rings. The molecule has 0 radical (unpaired) electrons. The number of methoxy groups -OCH3 is 1. The highest BCUT2D eigenvalue weighted by Gasteiger charge is 2.23. The van der Waals surface area contributed by atoms with Crippen molar-refractivity contribution < 1.29 is 9.47 Å². The predicted molar refractivity (Wildman–Crippen MR) is 73.4 cm³/mol. The smallest absolute Gasteiger partial charge is 0.124 e. The summed E-state index contributed by atoms with van der Waals surface area (Å²) in [6.45, 7) is 6.09. The number of benzene rings is 1. The summed E-state index contributed by atoms with van der Waals surface area (Å²) in [7, 11) is 1.70. The van der Waals surface area contributed by atoms with Gasteiger partial charge in [0.1, 0.15) is 5.75 Å². The fourth-order valence-electron chi connectivity index (χ4n) is 2.03. The molecule has 18 heavy (non-hydrogen) atoms. The van der Waals surface area contributed by atoms with Gasteiger partial charge in [0.25, 0.3) is 0 Å². The van der Waals surface area contributed by atoms with E-state index >= 15 is 0 Å². The molecule has 1 rings (SSSR count). The van der Waals surface area contributed by atoms with Crippen LogP contribution in [0.4, 0.5) is 0 Å². The summed E-state index contributed by atoms with van der Waals surface area (Å²) in [6, 6.07) is 7.85. The second kappa shape index (κ2) is 7.36. The number of rotatable bonds is 7. The van der Waals surface area contributed by atoms with Crippen LogP contribution in [0, 0.1) is 0 Å². The Hall–Kier alpha value is -1.10. The van der Waals surface area contributed by atoms with Gasteiger partial charge in [-0.1, -0.05) is 25.1 Å². The molecule has 0 aliphatic rings. The van der Waals surface area contributed by atoms with Gasteiger partial charge in [-0.05, 0) is 26.3 Å². The van der Waals surface area contributed by atoms with Crippen LogP contribution in [0.3, 0.4) is 0 Å². The number of hydrogen-bond acceptors (Lipinski definition) is 4. The first kappa shape index (κ1) is 15.0. The lowest BCUT2D eigenvalue weighted by molar-refractivity contribution is 0.0636. The van der Waals surface area contributed by atoms with Crippen molar-refractivity contribution in [1.82, 2.24) is 5.43 Å². The summed E-state index contributed by atoms with van der Waals surface area (Å²) in [5, 5.41) is 0. The minimum atomic E-state index is -0.0741. The molecule has 0 aliphatic carbocycles. The SMILES string of the molecule is CCC(OC)C(NN)c1ccccc1OC(C)C. The van der Waals surface area contributed by atoms with Gasteiger partial charge in [0, 0.05) is 12.7 Å². The van der Waals surface area contributed by atoms with Crippen LogP contribution in [0.25, 0.3) is 0 Å². The molecule has 0 spiro atoms. The van der Waals surface area contributed by atoms with Crippen LogP contribution in [-0.4, -0.2) is 19.3 Å². The highest BCUT2D eigenvalue weighted by molar-refractivity contribution is 5.36. The molecule has 0 saturated carbocycles. The third-order valence-electron chi connectivity index (χ3n) is 2.87. The Morgan fingerprint density at radius 3 is 2.44 bits per heavy atom. The average Bonchev–Trinajstić information content (AvgIpc) is 2.36. The highest BCUT2D eigenvalue weighted by Crippen LogP contribution is 2.29. The van der Waals surface area contributed by atoms with Crippen molar-refractivity contribution in [2.45, 2.75) is 45.4 Å². The van der Waals surface area contributed by atoms with Crippen LogP contribution >= 0.6 is 0 Å². The summed E-state index contributed by atoms with van der Waals surface area (Å²) in [5.74, 6) is 6.52. The van der Waals surface area contributed by atoms with E-state index in [1.54, 1.807) is 7.11 Å². The van der Waals surface area contributed by atoms with E-state index in [1.807, 2.05) is 38.1 Å². The Balaban J connectivity index is 3.04. The lowest BCUT2D eigenvalue weighted by atomic mass is 9.99. The minimum Gasteiger partial charge on any atom is -0.491 e. The molecule has 4 nitrogen and oxygen atoms in total. The Morgan fingerprint density at radius 1 is 1.28 bits per heavy atom. The zero-order valence-corrected chi connectivity index (χ0v) is 11.6. The number of para-hydroxylation sites is 1. The molecule has 4 heteroatoms. The summed E-state index contributed by atoms with van der Waals surface area (Å²) in [4.78, 5) is 0. The fraction of sp³-hybridized carbons (Fsp3) is 0.571. The molecular formula is C14H24N2O2. The van der Waals surface area contributed by atoms with Crippen LogP contribution in [0.5, 0.6) is 5.75 Å². The van der Waals surface area contributed by atoms with E-state index in [0.29, 0.717) is 0 Å². The van der Waals surface area contributed by atoms with Crippen molar-refractivity contribution in [3.63, 3.8) is 0 Å². The Bertz CT molecular complexity index is 351. The first-order chi connectivity index (χ1) is 8.63. The molecule has 0 bridgehead atoms. The average molecular weight is 252 g/mol. The second-order valence-corrected chi connectivity index (χ2v) is 4.53. The van der Waals surface area contributed by atoms with E-state index < -0.39 is 0 Å². The number of nitrogens with two attached hydrogens (primary N) is 1. The molecule has 0 fully saturated rings. The molecule has 2 unspecified atom stereocenters. The summed E-state index contributed by atoms with van der Waals surface area (Å²) >= 11 is 0. The number of nitrogens with one attached hydrogen (secondary N) is 1. The molecule has 2 atom stereocenters. The Morgan fingerprint density at radius 2 is 1.94 bits per heavy atom. The van der Waals surface area contributed by atoms with Crippen molar-refractivity contribution >= 4 is 0 Å². The van der Waals surface area contributed by atoms with Gasteiger partial charge in [-0.3, -0.25) is 11.3 Å². The van der Waals surface area contributed by atoms with Crippen LogP contribution < -0.4 is 16.0 Å². The Kier molecular flexibility index (Phi) is 6.12. The zero-order chi connectivity index (χ0) is 13.5. The lowest BCUT2D eigenvalue weighted by Gasteiger charge is -2.27. The van der Waals surface area contributed by atoms with Gasteiger partial charge >= 0.3 is 0 Å². The quantitative estimate of drug-likeness (QED) is 0.578. The first-order valence-electron chi connectivity index (χ1n) is 6.38. The highest BCUT2D eigenvalue weighted by atomic mass is 16.5. The van der Waals surface area contributed by atoms with Crippen LogP contribution in [0.15, 0.2) is 24.3 Å². The summed E-state index contributed by atoms with van der Waals surface area (Å²) in [6.07, 6.45) is 1.03. The Labute approximate surface area is 109 Å². The first-order valence-corrected chi connectivity index (χ1v) is 6.38. The maximum Gasteiger partial charge on any atom is 0.124 e. The second-order valence-electron chi connectivity index (χ2n) is 4.53. The molecular weight excluding hydrogens is 228 g/mol. The van der Waals surface area contributed by atoms with E-state index in [9.17, 15) is 0 Å². The summed E-state index contributed by atoms with van der Waals surface area (Å²) in [5.41, 5.74) is 3.86. The number of ether oxygens (including phenoxy) is 2. The van der Waals surface area contributed by atoms with Gasteiger partial charge in [-0.15, -0.1) is 0 Å². The van der Waals surface area contributed by atoms with Crippen molar-refractivity contribution in [1.29, 1.82) is 0 Å². The fourth-order valence-corrected chi connectivity index (χ4v) is 2.03. The largest absolute Gasteiger partial charge is 0.491 e. The monoisotopic (exact) mass is 252 g/mol. The summed E-state index contributed by atoms with van der Waals surface area (Å²) < 4.78 is 11.3. The third kappa shape index (κ3) is 3.70. The molecule has 1 aromatic carbocycles. The van der Waals surface area contributed by atoms with E-state index in [2.05, 4.69) is 12.3 Å². The normalized spacial score (nSPS) is 14.6. The maximum absolute atomic E-state index is 5.82. The molecule has 0 heterocycles. The van der Waals surface area contributed by atoms with Crippen molar-refractivity contribution in [2.75, 3.05) is 7.11 Å². The number of hydrazine groups is 1. The van der Waals surface area contributed by atoms with Gasteiger partial charge in [-0.25, -0.2) is 0 Å². The van der Waals surface area contributed by atoms with Gasteiger partial charge in [-0.2, -0.15) is 0 Å². The van der Waals surface area contributed by atoms with E-state index in [0.717, 1.165) is 17.7 Å². The van der Waals surface area contributed by atoms with Crippen LogP contribution in [0.1, 0.15) is 38.8 Å². The zero-order valence-electron chi connectivity index (χ0n) is 11.6. The van der Waals surface area contributed by atoms with Gasteiger partial charge < -0.3 is 9.47 Å². The van der Waals surface area contributed by atoms with Crippen molar-refractivity contribution in [3.8, 4) is 5.75 Å². The third-order valence-corrected chi connectivity index (χ3v) is 2.87. The number of hydrogen-bond donors (Lipinski definition) is 2. The molecule has 0 aliphatic heterocycles. The molecule has 102 valence electrons. The van der Waals surface area contributed by atoms with Gasteiger partial charge in [0.2, 0.25) is 0 Å². The van der Waals surface area contributed by atoms with Crippen molar-refractivity contribution in [2.24, 2.45) is 5.84 Å². The van der Waals surface area contributed by atoms with Crippen molar-refractivity contribution in [3.05, 3.63) is 29.8 Å². The van der Waals surface area contributed by atoms with Crippen LogP contribution in [-0.2, 0) is 4.74 Å². The molecule has 0 saturated heterocycles. The minimum absolute atomic E-state index is 0.0203. The standard InChI is InChI=1S/C14H24N2O2/c1-5-12(17-4)14(16-15)11-8-6-7-9-13(11)18-10(2)3/h6-10,12,14,16H,5,15H2,1-4H3.